The summed E-state index contributed by atoms with van der Waals surface area (Å²) in [6, 6.07) is 18.0. The van der Waals surface area contributed by atoms with Gasteiger partial charge in [-0.05, 0) is 57.4 Å². The molecule has 0 amide bonds. The van der Waals surface area contributed by atoms with Gasteiger partial charge in [0.2, 0.25) is 0 Å². The number of halogens is 6. The smallest absolute Gasteiger partial charge is 0.256 e. The third kappa shape index (κ3) is 3.34. The van der Waals surface area contributed by atoms with Crippen LogP contribution in [0.4, 0.5) is 26.3 Å². The highest BCUT2D eigenvalue weighted by Gasteiger charge is 2.37. The molecule has 0 aliphatic rings. The number of aromatic nitrogens is 1. The zero-order valence-corrected chi connectivity index (χ0v) is 16.2. The molecular formula is C25H13F6N. The van der Waals surface area contributed by atoms with E-state index in [0.29, 0.717) is 10.9 Å². The number of hydrogen-bond acceptors (Lipinski definition) is 1. The second-order valence-electron chi connectivity index (χ2n) is 7.50. The molecular weight excluding hydrogens is 428 g/mol. The molecule has 1 aromatic heterocycles. The van der Waals surface area contributed by atoms with Crippen LogP contribution in [0, 0.1) is 0 Å². The maximum atomic E-state index is 13.4. The van der Waals surface area contributed by atoms with Crippen molar-refractivity contribution in [1.82, 2.24) is 4.98 Å². The van der Waals surface area contributed by atoms with E-state index >= 15 is 0 Å². The average molecular weight is 441 g/mol. The van der Waals surface area contributed by atoms with Crippen LogP contribution in [0.1, 0.15) is 11.1 Å². The first-order valence-corrected chi connectivity index (χ1v) is 9.62. The molecule has 0 aliphatic heterocycles. The molecule has 0 atom stereocenters. The van der Waals surface area contributed by atoms with E-state index in [2.05, 4.69) is 4.98 Å². The Morgan fingerprint density at radius 1 is 0.562 bits per heavy atom. The van der Waals surface area contributed by atoms with E-state index in [4.69, 9.17) is 0 Å². The van der Waals surface area contributed by atoms with Crippen LogP contribution < -0.4 is 0 Å². The molecule has 0 unspecified atom stereocenters. The van der Waals surface area contributed by atoms with Gasteiger partial charge in [-0.25, -0.2) is 0 Å². The molecule has 0 saturated carbocycles. The fourth-order valence-electron chi connectivity index (χ4n) is 4.07. The lowest BCUT2D eigenvalue weighted by Gasteiger charge is -2.16. The molecule has 5 rings (SSSR count). The topological polar surface area (TPSA) is 12.9 Å². The predicted molar refractivity (Wildman–Crippen MR) is 112 cm³/mol. The standard InChI is InChI=1S/C25H13F6N/c26-24(27,28)16-10-15(11-17(12-16)25(29,30)31)21-13-22-18-5-2-1-4-14(18)7-8-19(22)20-6-3-9-32-23(20)21/h1-13H. The minimum absolute atomic E-state index is 0.134. The van der Waals surface area contributed by atoms with E-state index in [1.807, 2.05) is 36.4 Å². The molecule has 4 aromatic carbocycles. The molecule has 0 saturated heterocycles. The van der Waals surface area contributed by atoms with Gasteiger partial charge < -0.3 is 0 Å². The van der Waals surface area contributed by atoms with Crippen LogP contribution in [-0.4, -0.2) is 4.98 Å². The van der Waals surface area contributed by atoms with E-state index in [0.717, 1.165) is 33.7 Å². The lowest BCUT2D eigenvalue weighted by molar-refractivity contribution is -0.143. The first kappa shape index (κ1) is 20.3. The largest absolute Gasteiger partial charge is 0.416 e. The fourth-order valence-corrected chi connectivity index (χ4v) is 4.07. The van der Waals surface area contributed by atoms with Gasteiger partial charge in [0.1, 0.15) is 0 Å². The molecule has 0 spiro atoms. The number of hydrogen-bond donors (Lipinski definition) is 0. The highest BCUT2D eigenvalue weighted by Crippen LogP contribution is 2.42. The second kappa shape index (κ2) is 6.95. The Morgan fingerprint density at radius 2 is 1.22 bits per heavy atom. The number of alkyl halides is 6. The van der Waals surface area contributed by atoms with Gasteiger partial charge in [0, 0.05) is 17.1 Å². The van der Waals surface area contributed by atoms with Crippen LogP contribution in [0.2, 0.25) is 0 Å². The van der Waals surface area contributed by atoms with Crippen molar-refractivity contribution < 1.29 is 26.3 Å². The Morgan fingerprint density at radius 3 is 1.91 bits per heavy atom. The summed E-state index contributed by atoms with van der Waals surface area (Å²) >= 11 is 0. The summed E-state index contributed by atoms with van der Waals surface area (Å²) in [6.07, 6.45) is -8.39. The van der Waals surface area contributed by atoms with Crippen molar-refractivity contribution in [3.8, 4) is 11.1 Å². The number of rotatable bonds is 1. The summed E-state index contributed by atoms with van der Waals surface area (Å²) in [5.74, 6) is 0. The maximum Gasteiger partial charge on any atom is 0.416 e. The maximum absolute atomic E-state index is 13.4. The van der Waals surface area contributed by atoms with Crippen molar-refractivity contribution in [1.29, 1.82) is 0 Å². The third-order valence-corrected chi connectivity index (χ3v) is 5.51. The lowest BCUT2D eigenvalue weighted by atomic mass is 9.92. The van der Waals surface area contributed by atoms with Crippen molar-refractivity contribution in [3.05, 3.63) is 90.1 Å². The summed E-state index contributed by atoms with van der Waals surface area (Å²) in [4.78, 5) is 4.31. The van der Waals surface area contributed by atoms with Crippen LogP contribution in [0.3, 0.4) is 0 Å². The molecule has 7 heteroatoms. The zero-order chi connectivity index (χ0) is 22.7. The Hall–Kier alpha value is -3.61. The molecule has 160 valence electrons. The Labute approximate surface area is 177 Å². The van der Waals surface area contributed by atoms with E-state index in [1.54, 1.807) is 18.2 Å². The Bertz CT molecular complexity index is 1470. The van der Waals surface area contributed by atoms with Gasteiger partial charge >= 0.3 is 12.4 Å². The monoisotopic (exact) mass is 441 g/mol. The molecule has 1 heterocycles. The molecule has 0 aliphatic carbocycles. The highest BCUT2D eigenvalue weighted by atomic mass is 19.4. The normalized spacial score (nSPS) is 12.7. The summed E-state index contributed by atoms with van der Waals surface area (Å²) in [5.41, 5.74) is -2.36. The molecule has 0 N–H and O–H groups in total. The molecule has 0 bridgehead atoms. The number of fused-ring (bicyclic) bond motifs is 5. The van der Waals surface area contributed by atoms with Crippen molar-refractivity contribution in [2.75, 3.05) is 0 Å². The summed E-state index contributed by atoms with van der Waals surface area (Å²) < 4.78 is 80.7. The van der Waals surface area contributed by atoms with Crippen molar-refractivity contribution >= 4 is 32.4 Å². The first-order chi connectivity index (χ1) is 15.1. The molecule has 1 nitrogen and oxygen atoms in total. The van der Waals surface area contributed by atoms with Crippen molar-refractivity contribution in [3.63, 3.8) is 0 Å². The number of pyridine rings is 1. The Kier molecular flexibility index (Phi) is 4.41. The molecule has 5 aromatic rings. The number of nitrogens with zero attached hydrogens (tertiary/aromatic N) is 1. The quantitative estimate of drug-likeness (QED) is 0.189. The van der Waals surface area contributed by atoms with E-state index in [-0.39, 0.29) is 17.2 Å². The van der Waals surface area contributed by atoms with Gasteiger partial charge in [-0.2, -0.15) is 26.3 Å². The lowest BCUT2D eigenvalue weighted by Crippen LogP contribution is -2.11. The summed E-state index contributed by atoms with van der Waals surface area (Å²) in [5, 5.41) is 3.95. The van der Waals surface area contributed by atoms with Crippen molar-refractivity contribution in [2.45, 2.75) is 12.4 Å². The van der Waals surface area contributed by atoms with Crippen LogP contribution in [0.5, 0.6) is 0 Å². The van der Waals surface area contributed by atoms with Crippen molar-refractivity contribution in [2.24, 2.45) is 0 Å². The second-order valence-corrected chi connectivity index (χ2v) is 7.50. The SMILES string of the molecule is FC(F)(F)c1cc(-c2cc3c4ccccc4ccc3c3cccnc23)cc(C(F)(F)F)c1. The van der Waals surface area contributed by atoms with Gasteiger partial charge in [-0.1, -0.05) is 42.5 Å². The average Bonchev–Trinajstić information content (AvgIpc) is 2.76. The minimum Gasteiger partial charge on any atom is -0.256 e. The van der Waals surface area contributed by atoms with E-state index in [1.165, 1.54) is 6.20 Å². The summed E-state index contributed by atoms with van der Waals surface area (Å²) in [6.45, 7) is 0. The van der Waals surface area contributed by atoms with Crippen LogP contribution in [-0.2, 0) is 12.4 Å². The fraction of sp³-hybridized carbons (Fsp3) is 0.0800. The van der Waals surface area contributed by atoms with Gasteiger partial charge in [-0.3, -0.25) is 4.98 Å². The van der Waals surface area contributed by atoms with Gasteiger partial charge in [0.15, 0.2) is 0 Å². The number of benzene rings is 4. The predicted octanol–water partition coefficient (Wildman–Crippen LogP) is 8.25. The minimum atomic E-state index is -4.93. The van der Waals surface area contributed by atoms with Crippen LogP contribution >= 0.6 is 0 Å². The molecule has 0 fully saturated rings. The van der Waals surface area contributed by atoms with E-state index in [9.17, 15) is 26.3 Å². The van der Waals surface area contributed by atoms with E-state index < -0.39 is 23.5 Å². The van der Waals surface area contributed by atoms with Crippen LogP contribution in [0.15, 0.2) is 79.0 Å². The molecule has 0 radical (unpaired) electrons. The molecule has 32 heavy (non-hydrogen) atoms. The Balaban J connectivity index is 1.93. The highest BCUT2D eigenvalue weighted by molar-refractivity contribution is 6.20. The van der Waals surface area contributed by atoms with Crippen LogP contribution in [0.25, 0.3) is 43.6 Å². The first-order valence-electron chi connectivity index (χ1n) is 9.62. The summed E-state index contributed by atoms with van der Waals surface area (Å²) in [7, 11) is 0. The zero-order valence-electron chi connectivity index (χ0n) is 16.2. The van der Waals surface area contributed by atoms with Gasteiger partial charge in [-0.15, -0.1) is 0 Å². The third-order valence-electron chi connectivity index (χ3n) is 5.51. The van der Waals surface area contributed by atoms with Gasteiger partial charge in [0.25, 0.3) is 0 Å². The van der Waals surface area contributed by atoms with Gasteiger partial charge in [0.05, 0.1) is 16.6 Å².